The van der Waals surface area contributed by atoms with Crippen LogP contribution < -0.4 is 14.8 Å². The molecule has 1 aromatic carbocycles. The van der Waals surface area contributed by atoms with Crippen LogP contribution in [-0.4, -0.2) is 43.7 Å². The predicted octanol–water partition coefficient (Wildman–Crippen LogP) is 3.68. The van der Waals surface area contributed by atoms with Crippen LogP contribution in [0.15, 0.2) is 17.1 Å². The number of fused-ring (bicyclic) bond motifs is 1. The summed E-state index contributed by atoms with van der Waals surface area (Å²) in [5, 5.41) is 3.97. The molecule has 24 heavy (non-hydrogen) atoms. The second kappa shape index (κ2) is 9.56. The SMILES string of the molecule is CCNC(=NCc1cc(Cl)c2c(c1)OCCCO2)N1CCCC1.I. The molecule has 1 aromatic rings. The smallest absolute Gasteiger partial charge is 0.194 e. The van der Waals surface area contributed by atoms with Crippen molar-refractivity contribution >= 4 is 41.5 Å². The van der Waals surface area contributed by atoms with Crippen LogP contribution in [0, 0.1) is 0 Å². The minimum absolute atomic E-state index is 0. The van der Waals surface area contributed by atoms with Crippen molar-refractivity contribution in [1.29, 1.82) is 0 Å². The molecule has 0 amide bonds. The van der Waals surface area contributed by atoms with Gasteiger partial charge in [0.25, 0.3) is 0 Å². The topological polar surface area (TPSA) is 46.1 Å². The molecule has 1 saturated heterocycles. The third kappa shape index (κ3) is 4.81. The van der Waals surface area contributed by atoms with E-state index in [1.165, 1.54) is 12.8 Å². The minimum atomic E-state index is 0. The number of hydrogen-bond donors (Lipinski definition) is 1. The number of likely N-dealkylation sites (tertiary alicyclic amines) is 1. The van der Waals surface area contributed by atoms with E-state index in [1.807, 2.05) is 12.1 Å². The molecule has 0 saturated carbocycles. The number of benzene rings is 1. The van der Waals surface area contributed by atoms with Gasteiger partial charge in [-0.2, -0.15) is 0 Å². The van der Waals surface area contributed by atoms with Gasteiger partial charge in [-0.05, 0) is 37.5 Å². The van der Waals surface area contributed by atoms with Crippen LogP contribution in [0.4, 0.5) is 0 Å². The summed E-state index contributed by atoms with van der Waals surface area (Å²) >= 11 is 6.34. The Kier molecular flexibility index (Phi) is 7.74. The number of nitrogens with zero attached hydrogens (tertiary/aromatic N) is 2. The van der Waals surface area contributed by atoms with Crippen molar-refractivity contribution in [2.24, 2.45) is 4.99 Å². The van der Waals surface area contributed by atoms with E-state index in [-0.39, 0.29) is 24.0 Å². The fraction of sp³-hybridized carbons (Fsp3) is 0.588. The Morgan fingerprint density at radius 2 is 1.96 bits per heavy atom. The summed E-state index contributed by atoms with van der Waals surface area (Å²) in [5.41, 5.74) is 1.04. The molecule has 0 atom stereocenters. The molecule has 7 heteroatoms. The zero-order chi connectivity index (χ0) is 16.1. The summed E-state index contributed by atoms with van der Waals surface area (Å²) in [6, 6.07) is 3.91. The Hall–Kier alpha value is -0.890. The van der Waals surface area contributed by atoms with Crippen molar-refractivity contribution < 1.29 is 9.47 Å². The number of halogens is 2. The molecule has 5 nitrogen and oxygen atoms in total. The molecule has 0 radical (unpaired) electrons. The largest absolute Gasteiger partial charge is 0.489 e. The van der Waals surface area contributed by atoms with Gasteiger partial charge in [-0.25, -0.2) is 4.99 Å². The number of hydrogen-bond acceptors (Lipinski definition) is 3. The molecular weight excluding hydrogens is 441 g/mol. The molecule has 0 bridgehead atoms. The Balaban J connectivity index is 0.00000208. The van der Waals surface area contributed by atoms with Gasteiger partial charge in [0, 0.05) is 26.1 Å². The van der Waals surface area contributed by atoms with Gasteiger partial charge in [0.1, 0.15) is 0 Å². The van der Waals surface area contributed by atoms with Crippen LogP contribution in [0.3, 0.4) is 0 Å². The average molecular weight is 466 g/mol. The van der Waals surface area contributed by atoms with Crippen LogP contribution >= 0.6 is 35.6 Å². The van der Waals surface area contributed by atoms with E-state index in [1.54, 1.807) is 0 Å². The van der Waals surface area contributed by atoms with Crippen molar-refractivity contribution in [3.63, 3.8) is 0 Å². The van der Waals surface area contributed by atoms with Gasteiger partial charge in [0.15, 0.2) is 17.5 Å². The standard InChI is InChI=1S/C17H24ClN3O2.HI/c1-2-19-17(21-6-3-4-7-21)20-12-13-10-14(18)16-15(11-13)22-8-5-9-23-16;/h10-11H,2-9,12H2,1H3,(H,19,20);1H. The van der Waals surface area contributed by atoms with Gasteiger partial charge in [-0.3, -0.25) is 0 Å². The zero-order valence-corrected chi connectivity index (χ0v) is 17.1. The average Bonchev–Trinajstić information content (AvgIpc) is 2.97. The minimum Gasteiger partial charge on any atom is -0.489 e. The number of ether oxygens (including phenoxy) is 2. The van der Waals surface area contributed by atoms with E-state index in [2.05, 4.69) is 17.1 Å². The van der Waals surface area contributed by atoms with Crippen LogP contribution in [-0.2, 0) is 6.54 Å². The Morgan fingerprint density at radius 1 is 1.21 bits per heavy atom. The molecule has 2 aliphatic rings. The van der Waals surface area contributed by atoms with Crippen LogP contribution in [0.1, 0.15) is 31.7 Å². The van der Waals surface area contributed by atoms with Gasteiger partial charge in [-0.1, -0.05) is 11.6 Å². The van der Waals surface area contributed by atoms with Crippen molar-refractivity contribution in [3.05, 3.63) is 22.7 Å². The lowest BCUT2D eigenvalue weighted by Gasteiger charge is -2.20. The number of guanidine groups is 1. The molecule has 1 fully saturated rings. The highest BCUT2D eigenvalue weighted by molar-refractivity contribution is 14.0. The third-order valence-electron chi connectivity index (χ3n) is 4.01. The molecular formula is C17H25ClIN3O2. The van der Waals surface area contributed by atoms with Crippen LogP contribution in [0.2, 0.25) is 5.02 Å². The highest BCUT2D eigenvalue weighted by Gasteiger charge is 2.17. The fourth-order valence-electron chi connectivity index (χ4n) is 2.90. The monoisotopic (exact) mass is 465 g/mol. The lowest BCUT2D eigenvalue weighted by Crippen LogP contribution is -2.39. The Bertz CT molecular complexity index is 577. The fourth-order valence-corrected chi connectivity index (χ4v) is 3.18. The molecule has 2 heterocycles. The Morgan fingerprint density at radius 3 is 2.71 bits per heavy atom. The van der Waals surface area contributed by atoms with E-state index in [4.69, 9.17) is 26.1 Å². The first kappa shape index (κ1) is 19.4. The quantitative estimate of drug-likeness (QED) is 0.420. The maximum atomic E-state index is 6.34. The number of rotatable bonds is 3. The summed E-state index contributed by atoms with van der Waals surface area (Å²) in [7, 11) is 0. The molecule has 0 aliphatic carbocycles. The maximum Gasteiger partial charge on any atom is 0.194 e. The second-order valence-electron chi connectivity index (χ2n) is 5.82. The zero-order valence-electron chi connectivity index (χ0n) is 14.0. The van der Waals surface area contributed by atoms with Gasteiger partial charge in [0.05, 0.1) is 24.8 Å². The lowest BCUT2D eigenvalue weighted by atomic mass is 10.2. The lowest BCUT2D eigenvalue weighted by molar-refractivity contribution is 0.297. The van der Waals surface area contributed by atoms with Gasteiger partial charge in [-0.15, -0.1) is 24.0 Å². The number of aliphatic imine (C=N–C) groups is 1. The molecule has 3 rings (SSSR count). The van der Waals surface area contributed by atoms with E-state index in [0.29, 0.717) is 30.5 Å². The van der Waals surface area contributed by atoms with Gasteiger partial charge in [0.2, 0.25) is 0 Å². The normalized spacial score (nSPS) is 17.2. The van der Waals surface area contributed by atoms with E-state index in [9.17, 15) is 0 Å². The first-order chi connectivity index (χ1) is 11.3. The summed E-state index contributed by atoms with van der Waals surface area (Å²) in [6.45, 7) is 7.00. The molecule has 2 aliphatic heterocycles. The predicted molar refractivity (Wildman–Crippen MR) is 108 cm³/mol. The van der Waals surface area contributed by atoms with Crippen LogP contribution in [0.25, 0.3) is 0 Å². The summed E-state index contributed by atoms with van der Waals surface area (Å²) in [6.07, 6.45) is 3.35. The van der Waals surface area contributed by atoms with Crippen molar-refractivity contribution in [2.75, 3.05) is 32.8 Å². The Labute approximate surface area is 165 Å². The first-order valence-corrected chi connectivity index (χ1v) is 8.77. The molecule has 0 unspecified atom stereocenters. The van der Waals surface area contributed by atoms with Crippen molar-refractivity contribution in [1.82, 2.24) is 10.2 Å². The van der Waals surface area contributed by atoms with E-state index in [0.717, 1.165) is 43.3 Å². The summed E-state index contributed by atoms with van der Waals surface area (Å²) in [5.74, 6) is 2.36. The molecule has 0 aromatic heterocycles. The third-order valence-corrected chi connectivity index (χ3v) is 4.29. The summed E-state index contributed by atoms with van der Waals surface area (Å²) in [4.78, 5) is 7.07. The highest BCUT2D eigenvalue weighted by Crippen LogP contribution is 2.38. The van der Waals surface area contributed by atoms with Crippen LogP contribution in [0.5, 0.6) is 11.5 Å². The van der Waals surface area contributed by atoms with E-state index < -0.39 is 0 Å². The first-order valence-electron chi connectivity index (χ1n) is 8.39. The number of nitrogens with one attached hydrogen (secondary N) is 1. The molecule has 134 valence electrons. The van der Waals surface area contributed by atoms with Gasteiger partial charge >= 0.3 is 0 Å². The maximum absolute atomic E-state index is 6.34. The molecule has 0 spiro atoms. The molecule has 1 N–H and O–H groups in total. The van der Waals surface area contributed by atoms with E-state index >= 15 is 0 Å². The highest BCUT2D eigenvalue weighted by atomic mass is 127. The summed E-state index contributed by atoms with van der Waals surface area (Å²) < 4.78 is 11.4. The second-order valence-corrected chi connectivity index (χ2v) is 6.23. The van der Waals surface area contributed by atoms with Crippen molar-refractivity contribution in [2.45, 2.75) is 32.7 Å². The van der Waals surface area contributed by atoms with Crippen molar-refractivity contribution in [3.8, 4) is 11.5 Å². The van der Waals surface area contributed by atoms with Gasteiger partial charge < -0.3 is 19.7 Å².